The van der Waals surface area contributed by atoms with E-state index in [1.165, 1.54) is 36.3 Å². The van der Waals surface area contributed by atoms with Crippen LogP contribution < -0.4 is 14.9 Å². The number of pyridine rings is 1. The molecule has 3 heterocycles. The fraction of sp³-hybridized carbons (Fsp3) is 0.216. The lowest BCUT2D eigenvalue weighted by atomic mass is 9.99. The summed E-state index contributed by atoms with van der Waals surface area (Å²) in [5.74, 6) is -1.03. The van der Waals surface area contributed by atoms with Gasteiger partial charge in [-0.2, -0.15) is 18.3 Å². The van der Waals surface area contributed by atoms with Crippen molar-refractivity contribution >= 4 is 45.0 Å². The SMILES string of the molecule is Cc1cc(C(=O)N2CCN(c3cc(NCCSc4ccccc4)c(C(F)(F)F)cc3S(=O)(=O)NC(=O)c3cccnn3)CC2)ccc1-c1cncc(O)c1. The molecule has 0 radical (unpaired) electrons. The number of aromatic hydroxyl groups is 1. The number of nitrogens with one attached hydrogen (secondary N) is 2. The molecule has 1 aliphatic rings. The molecule has 280 valence electrons. The van der Waals surface area contributed by atoms with E-state index in [2.05, 4.69) is 20.5 Å². The molecule has 1 aliphatic heterocycles. The van der Waals surface area contributed by atoms with E-state index < -0.39 is 32.6 Å². The Kier molecular flexibility index (Phi) is 11.4. The Morgan fingerprint density at radius 2 is 1.70 bits per heavy atom. The molecule has 2 amide bonds. The molecule has 1 saturated heterocycles. The van der Waals surface area contributed by atoms with Crippen LogP contribution >= 0.6 is 11.8 Å². The minimum absolute atomic E-state index is 0.00627. The van der Waals surface area contributed by atoms with Crippen molar-refractivity contribution in [2.75, 3.05) is 48.7 Å². The van der Waals surface area contributed by atoms with Crippen LogP contribution in [0.3, 0.4) is 0 Å². The number of aromatic nitrogens is 3. The summed E-state index contributed by atoms with van der Waals surface area (Å²) in [5, 5.41) is 19.8. The molecule has 6 rings (SSSR count). The first kappa shape index (κ1) is 38.1. The number of amides is 2. The van der Waals surface area contributed by atoms with Gasteiger partial charge >= 0.3 is 6.18 Å². The van der Waals surface area contributed by atoms with Crippen LogP contribution in [0.5, 0.6) is 5.75 Å². The van der Waals surface area contributed by atoms with Crippen molar-refractivity contribution < 1.29 is 36.3 Å². The summed E-state index contributed by atoms with van der Waals surface area (Å²) >= 11 is 1.44. The maximum Gasteiger partial charge on any atom is 0.418 e. The van der Waals surface area contributed by atoms with Crippen LogP contribution in [0.4, 0.5) is 24.5 Å². The Hall–Kier alpha value is -5.68. The smallest absolute Gasteiger partial charge is 0.418 e. The quantitative estimate of drug-likeness (QED) is 0.109. The minimum atomic E-state index is -4.96. The number of sulfonamides is 1. The van der Waals surface area contributed by atoms with Crippen LogP contribution in [0.15, 0.2) is 107 Å². The lowest BCUT2D eigenvalue weighted by Gasteiger charge is -2.37. The molecular formula is C37H34F3N7O5S2. The molecule has 2 aromatic heterocycles. The number of piperazine rings is 1. The number of anilines is 2. The Morgan fingerprint density at radius 3 is 2.37 bits per heavy atom. The molecule has 0 unspecified atom stereocenters. The number of aryl methyl sites for hydroxylation is 1. The van der Waals surface area contributed by atoms with Crippen LogP contribution in [-0.4, -0.2) is 83.9 Å². The molecule has 0 bridgehead atoms. The molecule has 54 heavy (non-hydrogen) atoms. The van der Waals surface area contributed by atoms with E-state index in [0.717, 1.165) is 22.1 Å². The normalized spacial score (nSPS) is 13.4. The highest BCUT2D eigenvalue weighted by Crippen LogP contribution is 2.41. The van der Waals surface area contributed by atoms with E-state index in [9.17, 15) is 36.3 Å². The van der Waals surface area contributed by atoms with Crippen LogP contribution in [-0.2, 0) is 16.2 Å². The molecule has 0 atom stereocenters. The number of carbonyl (C=O) groups excluding carboxylic acids is 2. The Bertz CT molecular complexity index is 2260. The second kappa shape index (κ2) is 16.1. The number of halogens is 3. The first-order chi connectivity index (χ1) is 25.8. The third kappa shape index (κ3) is 8.91. The van der Waals surface area contributed by atoms with E-state index >= 15 is 0 Å². The predicted octanol–water partition coefficient (Wildman–Crippen LogP) is 5.86. The van der Waals surface area contributed by atoms with Crippen LogP contribution in [0.25, 0.3) is 11.1 Å². The van der Waals surface area contributed by atoms with Gasteiger partial charge in [-0.3, -0.25) is 14.6 Å². The molecule has 12 nitrogen and oxygen atoms in total. The van der Waals surface area contributed by atoms with Gasteiger partial charge in [0.25, 0.3) is 21.8 Å². The molecule has 5 aromatic rings. The van der Waals surface area contributed by atoms with Crippen molar-refractivity contribution in [3.05, 3.63) is 120 Å². The minimum Gasteiger partial charge on any atom is -0.506 e. The Labute approximate surface area is 313 Å². The Morgan fingerprint density at radius 1 is 0.944 bits per heavy atom. The topological polar surface area (TPSA) is 158 Å². The number of carbonyl (C=O) groups is 2. The number of rotatable bonds is 11. The van der Waals surface area contributed by atoms with Gasteiger partial charge in [-0.15, -0.1) is 16.9 Å². The number of alkyl halides is 3. The summed E-state index contributed by atoms with van der Waals surface area (Å²) in [6.45, 7) is 2.36. The van der Waals surface area contributed by atoms with Gasteiger partial charge < -0.3 is 20.2 Å². The molecule has 0 spiro atoms. The molecular weight excluding hydrogens is 744 g/mol. The third-order valence-electron chi connectivity index (χ3n) is 8.57. The van der Waals surface area contributed by atoms with Crippen molar-refractivity contribution in [1.29, 1.82) is 0 Å². The van der Waals surface area contributed by atoms with Gasteiger partial charge in [0, 0.05) is 72.6 Å². The zero-order valence-electron chi connectivity index (χ0n) is 28.7. The number of hydrogen-bond acceptors (Lipinski definition) is 11. The standard InChI is InChI=1S/C37H34F3N7O5S2/c1-24-18-25(9-10-29(24)26-19-27(48)23-41-22-26)36(50)47-15-13-46(14-16-47)33-21-32(42-12-17-53-28-6-3-2-4-7-28)30(37(38,39)40)20-34(33)54(51,52)45-35(49)31-8-5-11-43-44-31/h2-11,18-23,42,48H,12-17H2,1H3,(H,45,49). The summed E-state index contributed by atoms with van der Waals surface area (Å²) in [4.78, 5) is 33.8. The molecule has 1 fully saturated rings. The molecule has 0 saturated carbocycles. The van der Waals surface area contributed by atoms with Crippen molar-refractivity contribution in [1.82, 2.24) is 24.8 Å². The fourth-order valence-electron chi connectivity index (χ4n) is 5.96. The second-order valence-electron chi connectivity index (χ2n) is 12.2. The predicted molar refractivity (Wildman–Crippen MR) is 198 cm³/mol. The molecule has 3 N–H and O–H groups in total. The summed E-state index contributed by atoms with van der Waals surface area (Å²) in [5.41, 5.74) is 0.664. The van der Waals surface area contributed by atoms with Crippen molar-refractivity contribution in [2.24, 2.45) is 0 Å². The average Bonchev–Trinajstić information content (AvgIpc) is 3.16. The number of thioether (sulfide) groups is 1. The zero-order valence-corrected chi connectivity index (χ0v) is 30.4. The van der Waals surface area contributed by atoms with Gasteiger partial charge in [0.2, 0.25) is 0 Å². The number of nitrogens with zero attached hydrogens (tertiary/aromatic N) is 5. The highest BCUT2D eigenvalue weighted by atomic mass is 32.2. The first-order valence-electron chi connectivity index (χ1n) is 16.6. The highest BCUT2D eigenvalue weighted by molar-refractivity contribution is 7.99. The molecule has 0 aliphatic carbocycles. The van der Waals surface area contributed by atoms with E-state index in [0.29, 0.717) is 22.9 Å². The first-order valence-corrected chi connectivity index (χ1v) is 19.1. The molecule has 3 aromatic carbocycles. The number of benzene rings is 3. The number of hydrogen-bond donors (Lipinski definition) is 3. The summed E-state index contributed by atoms with van der Waals surface area (Å²) in [7, 11) is -4.90. The van der Waals surface area contributed by atoms with Crippen LogP contribution in [0, 0.1) is 6.92 Å². The van der Waals surface area contributed by atoms with E-state index in [-0.39, 0.29) is 61.4 Å². The largest absolute Gasteiger partial charge is 0.506 e. The maximum atomic E-state index is 14.5. The monoisotopic (exact) mass is 777 g/mol. The van der Waals surface area contributed by atoms with Gasteiger partial charge in [-0.25, -0.2) is 13.1 Å². The van der Waals surface area contributed by atoms with Gasteiger partial charge in [0.1, 0.15) is 10.6 Å². The highest BCUT2D eigenvalue weighted by Gasteiger charge is 2.38. The fourth-order valence-corrected chi connectivity index (χ4v) is 7.95. The van der Waals surface area contributed by atoms with Gasteiger partial charge in [0.15, 0.2) is 5.69 Å². The summed E-state index contributed by atoms with van der Waals surface area (Å²) < 4.78 is 73.0. The lowest BCUT2D eigenvalue weighted by molar-refractivity contribution is -0.137. The van der Waals surface area contributed by atoms with Crippen LogP contribution in [0.2, 0.25) is 0 Å². The maximum absolute atomic E-state index is 14.5. The second-order valence-corrected chi connectivity index (χ2v) is 15.1. The molecule has 17 heteroatoms. The van der Waals surface area contributed by atoms with Crippen molar-refractivity contribution in [2.45, 2.75) is 22.9 Å². The van der Waals surface area contributed by atoms with E-state index in [4.69, 9.17) is 0 Å². The zero-order chi connectivity index (χ0) is 38.5. The average molecular weight is 778 g/mol. The van der Waals surface area contributed by atoms with E-state index in [1.54, 1.807) is 40.3 Å². The van der Waals surface area contributed by atoms with Gasteiger partial charge in [-0.05, 0) is 72.6 Å². The van der Waals surface area contributed by atoms with Crippen molar-refractivity contribution in [3.8, 4) is 16.9 Å². The Balaban J connectivity index is 1.27. The van der Waals surface area contributed by atoms with Gasteiger partial charge in [-0.1, -0.05) is 24.3 Å². The lowest BCUT2D eigenvalue weighted by Crippen LogP contribution is -2.49. The van der Waals surface area contributed by atoms with Crippen molar-refractivity contribution in [3.63, 3.8) is 0 Å². The summed E-state index contributed by atoms with van der Waals surface area (Å²) in [6, 6.07) is 20.3. The van der Waals surface area contributed by atoms with Gasteiger partial charge in [0.05, 0.1) is 17.4 Å². The summed E-state index contributed by atoms with van der Waals surface area (Å²) in [6.07, 6.45) is -0.759. The van der Waals surface area contributed by atoms with Crippen LogP contribution in [0.1, 0.15) is 32.0 Å². The third-order valence-corrected chi connectivity index (χ3v) is 10.9. The van der Waals surface area contributed by atoms with E-state index in [1.807, 2.05) is 42.0 Å².